The standard InChI is InChI=1S/C20H20N4O6S2/c1-30-15-5-7-16(8-6-15)32(28,29)23-10-2-3-13(12-23)19(25)22-20-21-17-9-4-14(24(26)27)11-18(17)31-20/h4-9,11,13H,2-3,10,12H2,1H3,(H,21,22,25). The number of nitrogens with one attached hydrogen (secondary N) is 1. The van der Waals surface area contributed by atoms with Crippen LogP contribution in [0.3, 0.4) is 0 Å². The number of aromatic nitrogens is 1. The number of ether oxygens (including phenoxy) is 1. The van der Waals surface area contributed by atoms with Crippen LogP contribution in [0.5, 0.6) is 5.75 Å². The van der Waals surface area contributed by atoms with Gasteiger partial charge in [-0.2, -0.15) is 4.31 Å². The average Bonchev–Trinajstić information content (AvgIpc) is 3.20. The molecule has 12 heteroatoms. The molecular weight excluding hydrogens is 456 g/mol. The van der Waals surface area contributed by atoms with Crippen LogP contribution in [0.1, 0.15) is 12.8 Å². The van der Waals surface area contributed by atoms with E-state index in [0.717, 1.165) is 11.3 Å². The second kappa shape index (κ2) is 8.81. The van der Waals surface area contributed by atoms with Gasteiger partial charge >= 0.3 is 0 Å². The molecule has 2 aromatic carbocycles. The summed E-state index contributed by atoms with van der Waals surface area (Å²) in [6, 6.07) is 10.4. The van der Waals surface area contributed by atoms with Gasteiger partial charge in [-0.05, 0) is 43.2 Å². The third kappa shape index (κ3) is 4.42. The number of sulfonamides is 1. The van der Waals surface area contributed by atoms with Gasteiger partial charge in [-0.3, -0.25) is 14.9 Å². The molecule has 0 saturated carbocycles. The van der Waals surface area contributed by atoms with Crippen molar-refractivity contribution in [2.45, 2.75) is 17.7 Å². The number of hydrogen-bond acceptors (Lipinski definition) is 8. The molecule has 4 rings (SSSR count). The third-order valence-electron chi connectivity index (χ3n) is 5.27. The SMILES string of the molecule is COc1ccc(S(=O)(=O)N2CCCC(C(=O)Nc3nc4ccc([N+](=O)[O-])cc4s3)C2)cc1. The van der Waals surface area contributed by atoms with Crippen molar-refractivity contribution in [1.29, 1.82) is 0 Å². The summed E-state index contributed by atoms with van der Waals surface area (Å²) < 4.78 is 33.0. The number of nitro groups is 1. The van der Waals surface area contributed by atoms with Crippen LogP contribution in [0, 0.1) is 16.0 Å². The van der Waals surface area contributed by atoms with E-state index in [4.69, 9.17) is 4.74 Å². The molecule has 10 nitrogen and oxygen atoms in total. The predicted octanol–water partition coefficient (Wildman–Crippen LogP) is 3.25. The maximum absolute atomic E-state index is 13.0. The van der Waals surface area contributed by atoms with Crippen LogP contribution in [0.25, 0.3) is 10.2 Å². The Morgan fingerprint density at radius 2 is 2.03 bits per heavy atom. The van der Waals surface area contributed by atoms with Gasteiger partial charge in [-0.25, -0.2) is 13.4 Å². The van der Waals surface area contributed by atoms with Crippen LogP contribution < -0.4 is 10.1 Å². The molecule has 1 fully saturated rings. The molecule has 1 aliphatic rings. The Labute approximate surface area is 188 Å². The minimum absolute atomic E-state index is 0.0503. The maximum atomic E-state index is 13.0. The van der Waals surface area contributed by atoms with Crippen LogP contribution in [-0.2, 0) is 14.8 Å². The Balaban J connectivity index is 1.47. The first-order chi connectivity index (χ1) is 15.3. The summed E-state index contributed by atoms with van der Waals surface area (Å²) in [5.74, 6) is -0.299. The molecule has 1 aliphatic heterocycles. The number of benzene rings is 2. The van der Waals surface area contributed by atoms with Crippen molar-refractivity contribution >= 4 is 48.3 Å². The molecule has 3 aromatic rings. The van der Waals surface area contributed by atoms with Crippen molar-refractivity contribution in [1.82, 2.24) is 9.29 Å². The number of non-ortho nitro benzene ring substituents is 1. The Kier molecular flexibility index (Phi) is 6.09. The number of hydrogen-bond donors (Lipinski definition) is 1. The average molecular weight is 477 g/mol. The Morgan fingerprint density at radius 1 is 1.28 bits per heavy atom. The Hall–Kier alpha value is -3.09. The maximum Gasteiger partial charge on any atom is 0.270 e. The summed E-state index contributed by atoms with van der Waals surface area (Å²) in [6.45, 7) is 0.402. The monoisotopic (exact) mass is 476 g/mol. The van der Waals surface area contributed by atoms with E-state index in [1.54, 1.807) is 12.1 Å². The first-order valence-electron chi connectivity index (χ1n) is 9.78. The lowest BCUT2D eigenvalue weighted by atomic mass is 9.99. The zero-order valence-electron chi connectivity index (χ0n) is 17.1. The quantitative estimate of drug-likeness (QED) is 0.427. The normalized spacial score (nSPS) is 17.2. The third-order valence-corrected chi connectivity index (χ3v) is 8.08. The fourth-order valence-electron chi connectivity index (χ4n) is 3.56. The molecule has 0 aliphatic carbocycles. The van der Waals surface area contributed by atoms with Crippen LogP contribution in [0.15, 0.2) is 47.4 Å². The van der Waals surface area contributed by atoms with E-state index in [1.807, 2.05) is 0 Å². The first-order valence-corrected chi connectivity index (χ1v) is 12.0. The van der Waals surface area contributed by atoms with E-state index >= 15 is 0 Å². The van der Waals surface area contributed by atoms with Crippen LogP contribution in [0.4, 0.5) is 10.8 Å². The van der Waals surface area contributed by atoms with Crippen LogP contribution in [-0.4, -0.2) is 48.7 Å². The van der Waals surface area contributed by atoms with Gasteiger partial charge in [-0.1, -0.05) is 11.3 Å². The van der Waals surface area contributed by atoms with Crippen molar-refractivity contribution in [3.05, 3.63) is 52.6 Å². The molecule has 1 saturated heterocycles. The Bertz CT molecular complexity index is 1270. The molecule has 1 aromatic heterocycles. The Morgan fingerprint density at radius 3 is 2.72 bits per heavy atom. The highest BCUT2D eigenvalue weighted by atomic mass is 32.2. The number of nitro benzene ring substituents is 1. The number of amides is 1. The van der Waals surface area contributed by atoms with Gasteiger partial charge in [0.25, 0.3) is 5.69 Å². The van der Waals surface area contributed by atoms with Gasteiger partial charge in [-0.15, -0.1) is 0 Å². The molecule has 0 spiro atoms. The number of fused-ring (bicyclic) bond motifs is 1. The second-order valence-electron chi connectivity index (χ2n) is 7.30. The molecule has 1 unspecified atom stereocenters. The van der Waals surface area contributed by atoms with E-state index in [2.05, 4.69) is 10.3 Å². The smallest absolute Gasteiger partial charge is 0.270 e. The summed E-state index contributed by atoms with van der Waals surface area (Å²) in [5, 5.41) is 14.0. The summed E-state index contributed by atoms with van der Waals surface area (Å²) in [4.78, 5) is 27.7. The highest BCUT2D eigenvalue weighted by molar-refractivity contribution is 7.89. The molecule has 0 radical (unpaired) electrons. The molecule has 168 valence electrons. The van der Waals surface area contributed by atoms with Crippen molar-refractivity contribution < 1.29 is 22.9 Å². The van der Waals surface area contributed by atoms with E-state index < -0.39 is 20.9 Å². The number of thiazole rings is 1. The molecule has 1 amide bonds. The number of anilines is 1. The fraction of sp³-hybridized carbons (Fsp3) is 0.300. The van der Waals surface area contributed by atoms with Crippen LogP contribution >= 0.6 is 11.3 Å². The molecule has 2 heterocycles. The molecule has 1 N–H and O–H groups in total. The van der Waals surface area contributed by atoms with Crippen molar-refractivity contribution in [2.75, 3.05) is 25.5 Å². The highest BCUT2D eigenvalue weighted by Crippen LogP contribution is 2.30. The van der Waals surface area contributed by atoms with Crippen molar-refractivity contribution in [3.63, 3.8) is 0 Å². The first kappa shape index (κ1) is 22.1. The largest absolute Gasteiger partial charge is 0.497 e. The molecule has 1 atom stereocenters. The minimum Gasteiger partial charge on any atom is -0.497 e. The fourth-order valence-corrected chi connectivity index (χ4v) is 5.98. The van der Waals surface area contributed by atoms with Gasteiger partial charge < -0.3 is 10.1 Å². The number of carbonyl (C=O) groups excluding carboxylic acids is 1. The lowest BCUT2D eigenvalue weighted by molar-refractivity contribution is -0.384. The van der Waals surface area contributed by atoms with Gasteiger partial charge in [0, 0.05) is 25.2 Å². The molecule has 32 heavy (non-hydrogen) atoms. The number of rotatable bonds is 6. The predicted molar refractivity (Wildman–Crippen MR) is 119 cm³/mol. The zero-order chi connectivity index (χ0) is 22.9. The van der Waals surface area contributed by atoms with Crippen LogP contribution in [0.2, 0.25) is 0 Å². The number of methoxy groups -OCH3 is 1. The molecule has 0 bridgehead atoms. The van der Waals surface area contributed by atoms with Gasteiger partial charge in [0.1, 0.15) is 5.75 Å². The van der Waals surface area contributed by atoms with Crippen molar-refractivity contribution in [3.8, 4) is 5.75 Å². The number of carbonyl (C=O) groups is 1. The van der Waals surface area contributed by atoms with E-state index in [1.165, 1.54) is 41.7 Å². The van der Waals surface area contributed by atoms with Gasteiger partial charge in [0.05, 0.1) is 33.1 Å². The summed E-state index contributed by atoms with van der Waals surface area (Å²) in [6.07, 6.45) is 1.11. The van der Waals surface area contributed by atoms with E-state index in [0.29, 0.717) is 40.5 Å². The lowest BCUT2D eigenvalue weighted by Crippen LogP contribution is -2.43. The zero-order valence-corrected chi connectivity index (χ0v) is 18.7. The van der Waals surface area contributed by atoms with Gasteiger partial charge in [0.2, 0.25) is 15.9 Å². The number of nitrogens with zero attached hydrogens (tertiary/aromatic N) is 3. The minimum atomic E-state index is -3.74. The highest BCUT2D eigenvalue weighted by Gasteiger charge is 2.33. The van der Waals surface area contributed by atoms with Gasteiger partial charge in [0.15, 0.2) is 5.13 Å². The summed E-state index contributed by atoms with van der Waals surface area (Å²) in [5.41, 5.74) is 0.494. The van der Waals surface area contributed by atoms with E-state index in [-0.39, 0.29) is 23.0 Å². The van der Waals surface area contributed by atoms with E-state index in [9.17, 15) is 23.3 Å². The molecular formula is C20H20N4O6S2. The summed E-state index contributed by atoms with van der Waals surface area (Å²) >= 11 is 1.14. The van der Waals surface area contributed by atoms with Crippen molar-refractivity contribution in [2.24, 2.45) is 5.92 Å². The number of piperidine rings is 1. The summed E-state index contributed by atoms with van der Waals surface area (Å²) in [7, 11) is -2.23. The second-order valence-corrected chi connectivity index (χ2v) is 10.3. The topological polar surface area (TPSA) is 132 Å². The lowest BCUT2D eigenvalue weighted by Gasteiger charge is -2.31.